The van der Waals surface area contributed by atoms with Gasteiger partial charge in [-0.15, -0.1) is 11.3 Å². The van der Waals surface area contributed by atoms with Gasteiger partial charge in [0.2, 0.25) is 5.91 Å². The maximum atomic E-state index is 13.5. The molecule has 0 N–H and O–H groups in total. The standard InChI is InChI=1S/C17H16FNOS/c1-12-14-9-11-21-16(14)8-10-19(12)17(20)7-6-13-4-2-3-5-15(13)18/h2-7,9,11-12H,8,10H2,1H3/b7-6+/t12-/m1/s1. The van der Waals surface area contributed by atoms with E-state index in [9.17, 15) is 9.18 Å². The molecule has 0 bridgehead atoms. The van der Waals surface area contributed by atoms with Crippen molar-refractivity contribution in [3.05, 3.63) is 63.6 Å². The third kappa shape index (κ3) is 2.76. The van der Waals surface area contributed by atoms with Gasteiger partial charge < -0.3 is 4.90 Å². The molecule has 0 saturated carbocycles. The number of nitrogens with zero attached hydrogens (tertiary/aromatic N) is 1. The molecule has 1 amide bonds. The van der Waals surface area contributed by atoms with Crippen molar-refractivity contribution in [2.75, 3.05) is 6.54 Å². The molecule has 1 aliphatic heterocycles. The highest BCUT2D eigenvalue weighted by Gasteiger charge is 2.26. The smallest absolute Gasteiger partial charge is 0.247 e. The molecule has 1 aromatic heterocycles. The van der Waals surface area contributed by atoms with Crippen molar-refractivity contribution >= 4 is 23.3 Å². The van der Waals surface area contributed by atoms with Crippen LogP contribution in [0.4, 0.5) is 4.39 Å². The second-order valence-electron chi connectivity index (χ2n) is 5.11. The number of rotatable bonds is 2. The first-order valence-corrected chi connectivity index (χ1v) is 7.84. The molecule has 0 spiro atoms. The molecule has 1 aromatic carbocycles. The minimum absolute atomic E-state index is 0.0670. The largest absolute Gasteiger partial charge is 0.332 e. The Morgan fingerprint density at radius 3 is 3.00 bits per heavy atom. The number of halogens is 1. The van der Waals surface area contributed by atoms with Crippen molar-refractivity contribution in [3.8, 4) is 0 Å². The minimum atomic E-state index is -0.312. The van der Waals surface area contributed by atoms with E-state index in [1.165, 1.54) is 22.6 Å². The average molecular weight is 301 g/mol. The van der Waals surface area contributed by atoms with Gasteiger partial charge in [-0.2, -0.15) is 0 Å². The second kappa shape index (κ2) is 5.82. The quantitative estimate of drug-likeness (QED) is 0.766. The third-order valence-corrected chi connectivity index (χ3v) is 4.87. The molecule has 2 aromatic rings. The molecule has 0 saturated heterocycles. The van der Waals surface area contributed by atoms with E-state index < -0.39 is 0 Å². The maximum Gasteiger partial charge on any atom is 0.247 e. The van der Waals surface area contributed by atoms with E-state index in [4.69, 9.17) is 0 Å². The Morgan fingerprint density at radius 2 is 2.19 bits per heavy atom. The topological polar surface area (TPSA) is 20.3 Å². The van der Waals surface area contributed by atoms with Crippen molar-refractivity contribution in [2.24, 2.45) is 0 Å². The minimum Gasteiger partial charge on any atom is -0.332 e. The molecule has 108 valence electrons. The van der Waals surface area contributed by atoms with Crippen LogP contribution >= 0.6 is 11.3 Å². The van der Waals surface area contributed by atoms with Crippen molar-refractivity contribution in [3.63, 3.8) is 0 Å². The molecule has 3 rings (SSSR count). The van der Waals surface area contributed by atoms with Crippen molar-refractivity contribution in [1.82, 2.24) is 4.90 Å². The van der Waals surface area contributed by atoms with E-state index in [1.54, 1.807) is 35.6 Å². The van der Waals surface area contributed by atoms with E-state index in [-0.39, 0.29) is 17.8 Å². The van der Waals surface area contributed by atoms with E-state index in [2.05, 4.69) is 11.4 Å². The Hall–Kier alpha value is -1.94. The molecule has 1 atom stereocenters. The van der Waals surface area contributed by atoms with Crippen LogP contribution in [0.2, 0.25) is 0 Å². The van der Waals surface area contributed by atoms with E-state index >= 15 is 0 Å². The van der Waals surface area contributed by atoms with Crippen LogP contribution in [-0.4, -0.2) is 17.4 Å². The number of fused-ring (bicyclic) bond motifs is 1. The third-order valence-electron chi connectivity index (χ3n) is 3.87. The van der Waals surface area contributed by atoms with Gasteiger partial charge in [0.1, 0.15) is 5.82 Å². The number of amides is 1. The van der Waals surface area contributed by atoms with Crippen LogP contribution in [0, 0.1) is 5.82 Å². The van der Waals surface area contributed by atoms with Crippen LogP contribution in [0.1, 0.15) is 29.0 Å². The lowest BCUT2D eigenvalue weighted by atomic mass is 10.0. The van der Waals surface area contributed by atoms with Gasteiger partial charge in [0, 0.05) is 23.1 Å². The fourth-order valence-electron chi connectivity index (χ4n) is 2.68. The summed E-state index contributed by atoms with van der Waals surface area (Å²) in [6.07, 6.45) is 3.91. The van der Waals surface area contributed by atoms with Crippen LogP contribution in [0.25, 0.3) is 6.08 Å². The van der Waals surface area contributed by atoms with Gasteiger partial charge in [-0.1, -0.05) is 18.2 Å². The van der Waals surface area contributed by atoms with E-state index in [1.807, 2.05) is 11.8 Å². The molecule has 21 heavy (non-hydrogen) atoms. The first-order valence-electron chi connectivity index (χ1n) is 6.96. The Labute approximate surface area is 127 Å². The summed E-state index contributed by atoms with van der Waals surface area (Å²) in [5, 5.41) is 2.07. The van der Waals surface area contributed by atoms with Crippen LogP contribution < -0.4 is 0 Å². The highest BCUT2D eigenvalue weighted by molar-refractivity contribution is 7.10. The summed E-state index contributed by atoms with van der Waals surface area (Å²) >= 11 is 1.75. The fraction of sp³-hybridized carbons (Fsp3) is 0.235. The van der Waals surface area contributed by atoms with E-state index in [0.717, 1.165) is 13.0 Å². The van der Waals surface area contributed by atoms with Crippen LogP contribution in [0.15, 0.2) is 41.8 Å². The Bertz CT molecular complexity index is 692. The van der Waals surface area contributed by atoms with Crippen molar-refractivity contribution in [2.45, 2.75) is 19.4 Å². The molecule has 2 heterocycles. The molecule has 2 nitrogen and oxygen atoms in total. The predicted octanol–water partition coefficient (Wildman–Crippen LogP) is 4.05. The summed E-state index contributed by atoms with van der Waals surface area (Å²) in [4.78, 5) is 15.5. The van der Waals surface area contributed by atoms with Gasteiger partial charge >= 0.3 is 0 Å². The highest BCUT2D eigenvalue weighted by Crippen LogP contribution is 2.32. The van der Waals surface area contributed by atoms with Gasteiger partial charge in [0.25, 0.3) is 0 Å². The van der Waals surface area contributed by atoms with Gasteiger partial charge in [0.05, 0.1) is 6.04 Å². The summed E-state index contributed by atoms with van der Waals surface area (Å²) in [6, 6.07) is 8.62. The average Bonchev–Trinajstić information content (AvgIpc) is 2.96. The zero-order valence-corrected chi connectivity index (χ0v) is 12.6. The molecule has 0 unspecified atom stereocenters. The zero-order valence-electron chi connectivity index (χ0n) is 11.8. The lowest BCUT2D eigenvalue weighted by molar-refractivity contribution is -0.128. The van der Waals surface area contributed by atoms with Gasteiger partial charge in [0.15, 0.2) is 0 Å². The summed E-state index contributed by atoms with van der Waals surface area (Å²) in [6.45, 7) is 2.76. The first kappa shape index (κ1) is 14.0. The van der Waals surface area contributed by atoms with E-state index in [0.29, 0.717) is 5.56 Å². The predicted molar refractivity (Wildman–Crippen MR) is 83.6 cm³/mol. The van der Waals surface area contributed by atoms with Crippen molar-refractivity contribution in [1.29, 1.82) is 0 Å². The Morgan fingerprint density at radius 1 is 1.38 bits per heavy atom. The first-order chi connectivity index (χ1) is 10.2. The van der Waals surface area contributed by atoms with Crippen LogP contribution in [0.5, 0.6) is 0 Å². The molecule has 0 radical (unpaired) electrons. The lowest BCUT2D eigenvalue weighted by Crippen LogP contribution is -2.37. The second-order valence-corrected chi connectivity index (χ2v) is 6.11. The van der Waals surface area contributed by atoms with Gasteiger partial charge in [-0.3, -0.25) is 4.79 Å². The Kier molecular flexibility index (Phi) is 3.88. The normalized spacial score (nSPS) is 18.0. The lowest BCUT2D eigenvalue weighted by Gasteiger charge is -2.32. The van der Waals surface area contributed by atoms with Crippen molar-refractivity contribution < 1.29 is 9.18 Å². The summed E-state index contributed by atoms with van der Waals surface area (Å²) in [7, 11) is 0. The molecule has 0 fully saturated rings. The number of thiophene rings is 1. The monoisotopic (exact) mass is 301 g/mol. The Balaban J connectivity index is 1.76. The van der Waals surface area contributed by atoms with Gasteiger partial charge in [-0.25, -0.2) is 4.39 Å². The zero-order chi connectivity index (χ0) is 14.8. The maximum absolute atomic E-state index is 13.5. The summed E-state index contributed by atoms with van der Waals surface area (Å²) in [5.74, 6) is -0.379. The molecule has 0 aliphatic carbocycles. The molecular formula is C17H16FNOS. The number of carbonyl (C=O) groups excluding carboxylic acids is 1. The highest BCUT2D eigenvalue weighted by atomic mass is 32.1. The molecule has 1 aliphatic rings. The van der Waals surface area contributed by atoms with Crippen LogP contribution in [-0.2, 0) is 11.2 Å². The fourth-order valence-corrected chi connectivity index (χ4v) is 3.64. The summed E-state index contributed by atoms with van der Waals surface area (Å²) < 4.78 is 13.5. The summed E-state index contributed by atoms with van der Waals surface area (Å²) in [5.41, 5.74) is 1.67. The SMILES string of the molecule is C[C@@H]1c2ccsc2CCN1C(=O)/C=C/c1ccccc1F. The number of carbonyl (C=O) groups is 1. The number of benzene rings is 1. The van der Waals surface area contributed by atoms with Crippen LogP contribution in [0.3, 0.4) is 0 Å². The molecular weight excluding hydrogens is 285 g/mol. The number of hydrogen-bond acceptors (Lipinski definition) is 2. The molecule has 4 heteroatoms. The number of hydrogen-bond donors (Lipinski definition) is 0. The van der Waals surface area contributed by atoms with Gasteiger partial charge in [-0.05, 0) is 42.5 Å².